The smallest absolute Gasteiger partial charge is 0.319 e. The van der Waals surface area contributed by atoms with Crippen molar-refractivity contribution in [1.82, 2.24) is 5.32 Å². The van der Waals surface area contributed by atoms with Gasteiger partial charge in [0, 0.05) is 5.56 Å². The van der Waals surface area contributed by atoms with Crippen molar-refractivity contribution in [2.24, 2.45) is 0 Å². The number of hydrogen-bond acceptors (Lipinski definition) is 5. The van der Waals surface area contributed by atoms with E-state index in [0.29, 0.717) is 6.07 Å². The molecule has 0 saturated heterocycles. The third-order valence-corrected chi connectivity index (χ3v) is 7.74. The molecule has 0 aliphatic rings. The maximum absolute atomic E-state index is 14.1. The third-order valence-electron chi connectivity index (χ3n) is 5.20. The normalized spacial score (nSPS) is 12.5. The van der Waals surface area contributed by atoms with Gasteiger partial charge in [-0.3, -0.25) is 14.2 Å². The van der Waals surface area contributed by atoms with Crippen LogP contribution in [0.4, 0.5) is 18.9 Å². The van der Waals surface area contributed by atoms with Crippen molar-refractivity contribution in [3.8, 4) is 0 Å². The summed E-state index contributed by atoms with van der Waals surface area (Å²) in [4.78, 5) is 26.9. The molecule has 2 N–H and O–H groups in total. The first-order valence-corrected chi connectivity index (χ1v) is 13.7. The number of hydrogen-bond donors (Lipinski definition) is 2. The van der Waals surface area contributed by atoms with E-state index < -0.39 is 41.9 Å². The summed E-state index contributed by atoms with van der Waals surface area (Å²) < 4.78 is 64.4. The highest BCUT2D eigenvalue weighted by Crippen LogP contribution is 2.61. The lowest BCUT2D eigenvalue weighted by Crippen LogP contribution is -2.32. The average molecular weight is 581 g/mol. The van der Waals surface area contributed by atoms with E-state index in [4.69, 9.17) is 20.6 Å². The lowest BCUT2D eigenvalue weighted by atomic mass is 10.1. The molecule has 0 fully saturated rings. The Hall–Kier alpha value is -3.43. The highest BCUT2D eigenvalue weighted by molar-refractivity contribution is 7.65. The van der Waals surface area contributed by atoms with Gasteiger partial charge < -0.3 is 19.7 Å². The van der Waals surface area contributed by atoms with Crippen LogP contribution in [0.25, 0.3) is 5.31 Å². The number of carbonyl (C=O) groups is 2. The zero-order valence-corrected chi connectivity index (χ0v) is 22.6. The lowest BCUT2D eigenvalue weighted by Gasteiger charge is -2.24. The molecule has 206 valence electrons. The van der Waals surface area contributed by atoms with E-state index in [0.717, 1.165) is 12.1 Å². The molecule has 0 unspecified atom stereocenters. The lowest BCUT2D eigenvalue weighted by molar-refractivity contribution is -0.137. The minimum atomic E-state index is -4.65. The average Bonchev–Trinajstić information content (AvgIpc) is 2.90. The first-order valence-electron chi connectivity index (χ1n) is 11.7. The molecule has 2 amide bonds. The van der Waals surface area contributed by atoms with Crippen LogP contribution in [0.5, 0.6) is 0 Å². The topological polar surface area (TPSA) is 93.7 Å². The summed E-state index contributed by atoms with van der Waals surface area (Å²) in [5, 5.41) is 4.28. The molecule has 7 nitrogen and oxygen atoms in total. The Labute approximate surface area is 228 Å². The van der Waals surface area contributed by atoms with Crippen molar-refractivity contribution in [2.75, 3.05) is 18.5 Å². The first kappa shape index (κ1) is 30.1. The van der Waals surface area contributed by atoms with E-state index in [1.54, 1.807) is 62.4 Å². The number of halogens is 4. The number of benzene rings is 3. The Bertz CT molecular complexity index is 1390. The summed E-state index contributed by atoms with van der Waals surface area (Å²) in [6.45, 7) is 3.05. The molecule has 0 spiro atoms. The summed E-state index contributed by atoms with van der Waals surface area (Å²) in [7, 11) is -4.23. The molecule has 3 aromatic rings. The van der Waals surface area contributed by atoms with Crippen LogP contribution < -0.4 is 10.6 Å². The van der Waals surface area contributed by atoms with Crippen LogP contribution in [0.1, 0.15) is 35.3 Å². The van der Waals surface area contributed by atoms with E-state index in [1.807, 2.05) is 0 Å². The van der Waals surface area contributed by atoms with Gasteiger partial charge in [0.05, 0.1) is 29.5 Å². The number of alkyl halides is 3. The molecule has 0 aliphatic carbocycles. The van der Waals surface area contributed by atoms with Gasteiger partial charge in [0.15, 0.2) is 0 Å². The molecular weight excluding hydrogens is 556 g/mol. The minimum Gasteiger partial charge on any atom is -0.319 e. The van der Waals surface area contributed by atoms with Gasteiger partial charge >= 0.3 is 13.8 Å². The van der Waals surface area contributed by atoms with Crippen LogP contribution in [-0.2, 0) is 24.6 Å². The number of nitrogens with one attached hydrogen (secondary N) is 2. The standard InChI is InChI=1S/C27H25ClF3N2O5P/c1-3-37-39(36,38-4-2)24(18-11-7-5-8-12-18)23(33-25(34)19-13-9-6-10-14-19)26(35)32-22-16-15-20(17-21(22)28)27(29,30)31/h5-17H,3-4H2,1-2H3,(H,32,35)(H,33,34). The fraction of sp³-hybridized carbons (Fsp3) is 0.185. The quantitative estimate of drug-likeness (QED) is 0.193. The minimum absolute atomic E-state index is 0.0557. The van der Waals surface area contributed by atoms with E-state index in [-0.39, 0.29) is 35.3 Å². The molecule has 0 saturated carbocycles. The molecular formula is C27H25ClF3N2O5P. The second kappa shape index (κ2) is 13.1. The van der Waals surface area contributed by atoms with Crippen molar-refractivity contribution in [3.05, 3.63) is 106 Å². The second-order valence-electron chi connectivity index (χ2n) is 7.89. The van der Waals surface area contributed by atoms with Gasteiger partial charge in [0.1, 0.15) is 11.0 Å². The van der Waals surface area contributed by atoms with Crippen LogP contribution in [0.3, 0.4) is 0 Å². The van der Waals surface area contributed by atoms with E-state index in [2.05, 4.69) is 10.6 Å². The molecule has 0 bridgehead atoms. The summed E-state index contributed by atoms with van der Waals surface area (Å²) in [6, 6.07) is 18.4. The van der Waals surface area contributed by atoms with E-state index in [9.17, 15) is 27.3 Å². The van der Waals surface area contributed by atoms with Crippen molar-refractivity contribution in [2.45, 2.75) is 20.0 Å². The van der Waals surface area contributed by atoms with Crippen molar-refractivity contribution in [1.29, 1.82) is 0 Å². The second-order valence-corrected chi connectivity index (χ2v) is 10.3. The predicted molar refractivity (Wildman–Crippen MR) is 143 cm³/mol. The summed E-state index contributed by atoms with van der Waals surface area (Å²) in [6.07, 6.45) is -4.65. The highest BCUT2D eigenvalue weighted by atomic mass is 35.5. The third kappa shape index (κ3) is 7.58. The summed E-state index contributed by atoms with van der Waals surface area (Å²) in [5.74, 6) is -1.73. The van der Waals surface area contributed by atoms with Crippen molar-refractivity contribution >= 4 is 42.0 Å². The Morgan fingerprint density at radius 3 is 1.90 bits per heavy atom. The molecule has 3 aromatic carbocycles. The van der Waals surface area contributed by atoms with Gasteiger partial charge in [0.25, 0.3) is 11.8 Å². The molecule has 0 radical (unpaired) electrons. The zero-order chi connectivity index (χ0) is 28.6. The molecule has 39 heavy (non-hydrogen) atoms. The SMILES string of the molecule is CCOP(=O)(OCC)C(=C(NC(=O)c1ccccc1)C(=O)Nc1ccc(C(F)(F)F)cc1Cl)c1ccccc1. The van der Waals surface area contributed by atoms with Crippen LogP contribution in [0.2, 0.25) is 5.02 Å². The first-order chi connectivity index (χ1) is 18.5. The Balaban J connectivity index is 2.21. The molecule has 0 aliphatic heterocycles. The molecule has 0 aromatic heterocycles. The van der Waals surface area contributed by atoms with E-state index in [1.165, 1.54) is 12.1 Å². The van der Waals surface area contributed by atoms with Crippen molar-refractivity contribution < 1.29 is 36.4 Å². The Morgan fingerprint density at radius 2 is 1.41 bits per heavy atom. The van der Waals surface area contributed by atoms with Crippen LogP contribution in [-0.4, -0.2) is 25.0 Å². The summed E-state index contributed by atoms with van der Waals surface area (Å²) >= 11 is 6.05. The predicted octanol–water partition coefficient (Wildman–Crippen LogP) is 7.36. The Morgan fingerprint density at radius 1 is 0.872 bits per heavy atom. The van der Waals surface area contributed by atoms with Crippen LogP contribution in [0, 0.1) is 0 Å². The molecule has 12 heteroatoms. The fourth-order valence-corrected chi connectivity index (χ4v) is 5.66. The Kier molecular flexibility index (Phi) is 10.1. The van der Waals surface area contributed by atoms with Crippen LogP contribution in [0.15, 0.2) is 84.6 Å². The monoisotopic (exact) mass is 580 g/mol. The molecule has 3 rings (SSSR count). The summed E-state index contributed by atoms with van der Waals surface area (Å²) in [5.41, 5.74) is -1.24. The number of carbonyl (C=O) groups excluding carboxylic acids is 2. The van der Waals surface area contributed by atoms with Gasteiger partial charge in [-0.2, -0.15) is 13.2 Å². The number of anilines is 1. The number of rotatable bonds is 10. The maximum Gasteiger partial charge on any atom is 0.416 e. The molecule has 0 heterocycles. The van der Waals surface area contributed by atoms with Gasteiger partial charge in [-0.05, 0) is 49.7 Å². The fourth-order valence-electron chi connectivity index (χ4n) is 3.52. The molecule has 0 atom stereocenters. The van der Waals surface area contributed by atoms with Gasteiger partial charge in [-0.1, -0.05) is 60.1 Å². The maximum atomic E-state index is 14.1. The zero-order valence-electron chi connectivity index (χ0n) is 20.9. The van der Waals surface area contributed by atoms with Gasteiger partial charge in [-0.25, -0.2) is 0 Å². The highest BCUT2D eigenvalue weighted by Gasteiger charge is 2.37. The van der Waals surface area contributed by atoms with E-state index >= 15 is 0 Å². The van der Waals surface area contributed by atoms with Crippen molar-refractivity contribution in [3.63, 3.8) is 0 Å². The van der Waals surface area contributed by atoms with Gasteiger partial charge in [-0.15, -0.1) is 0 Å². The largest absolute Gasteiger partial charge is 0.416 e. The number of amides is 2. The van der Waals surface area contributed by atoms with Crippen LogP contribution >= 0.6 is 19.2 Å². The van der Waals surface area contributed by atoms with Gasteiger partial charge in [0.2, 0.25) is 0 Å².